The fourth-order valence-electron chi connectivity index (χ4n) is 2.23. The summed E-state index contributed by atoms with van der Waals surface area (Å²) >= 11 is 0. The fraction of sp³-hybridized carbons (Fsp3) is 0.538. The smallest absolute Gasteiger partial charge is 0.216 e. The van der Waals surface area contributed by atoms with E-state index in [4.69, 9.17) is 10.5 Å². The Kier molecular flexibility index (Phi) is 4.57. The number of nitrogens with one attached hydrogen (secondary N) is 1. The molecule has 1 aromatic carbocycles. The fourth-order valence-corrected chi connectivity index (χ4v) is 3.69. The maximum atomic E-state index is 12.1. The SMILES string of the molecule is CCOC1CC(N)C1NS(=O)(=O)Cc1ccccc1. The zero-order valence-corrected chi connectivity index (χ0v) is 11.8. The largest absolute Gasteiger partial charge is 0.377 e. The molecule has 1 aliphatic carbocycles. The third-order valence-corrected chi connectivity index (χ3v) is 4.61. The van der Waals surface area contributed by atoms with Crippen LogP contribution in [0.1, 0.15) is 18.9 Å². The predicted molar refractivity (Wildman–Crippen MR) is 74.0 cm³/mol. The van der Waals surface area contributed by atoms with E-state index in [9.17, 15) is 8.42 Å². The van der Waals surface area contributed by atoms with E-state index < -0.39 is 10.0 Å². The van der Waals surface area contributed by atoms with Crippen molar-refractivity contribution in [3.63, 3.8) is 0 Å². The van der Waals surface area contributed by atoms with E-state index in [1.54, 1.807) is 12.1 Å². The van der Waals surface area contributed by atoms with Crippen LogP contribution in [0.3, 0.4) is 0 Å². The maximum absolute atomic E-state index is 12.1. The van der Waals surface area contributed by atoms with Gasteiger partial charge in [-0.25, -0.2) is 13.1 Å². The van der Waals surface area contributed by atoms with Gasteiger partial charge < -0.3 is 10.5 Å². The van der Waals surface area contributed by atoms with Gasteiger partial charge in [-0.15, -0.1) is 0 Å². The van der Waals surface area contributed by atoms with E-state index in [-0.39, 0.29) is 23.9 Å². The molecule has 0 aliphatic heterocycles. The van der Waals surface area contributed by atoms with Gasteiger partial charge in [0, 0.05) is 12.6 Å². The van der Waals surface area contributed by atoms with Crippen molar-refractivity contribution in [3.8, 4) is 0 Å². The lowest BCUT2D eigenvalue weighted by atomic mass is 9.84. The van der Waals surface area contributed by atoms with E-state index in [0.29, 0.717) is 13.0 Å². The van der Waals surface area contributed by atoms with Gasteiger partial charge in [0.2, 0.25) is 10.0 Å². The second-order valence-electron chi connectivity index (χ2n) is 4.78. The number of nitrogens with two attached hydrogens (primary N) is 1. The number of hydrogen-bond acceptors (Lipinski definition) is 4. The first-order chi connectivity index (χ1) is 9.02. The van der Waals surface area contributed by atoms with Crippen molar-refractivity contribution in [1.82, 2.24) is 4.72 Å². The van der Waals surface area contributed by atoms with Gasteiger partial charge in [0.1, 0.15) is 0 Å². The highest BCUT2D eigenvalue weighted by molar-refractivity contribution is 7.88. The monoisotopic (exact) mass is 284 g/mol. The number of sulfonamides is 1. The summed E-state index contributed by atoms with van der Waals surface area (Å²) in [7, 11) is -3.39. The Labute approximate surface area is 114 Å². The standard InChI is InChI=1S/C13H20N2O3S/c1-2-18-12-8-11(14)13(12)15-19(16,17)9-10-6-4-3-5-7-10/h3-7,11-13,15H,2,8-9,14H2,1H3. The van der Waals surface area contributed by atoms with Crippen LogP contribution in [0.4, 0.5) is 0 Å². The lowest BCUT2D eigenvalue weighted by molar-refractivity contribution is -0.0248. The lowest BCUT2D eigenvalue weighted by Crippen LogP contribution is -2.64. The molecule has 0 radical (unpaired) electrons. The number of rotatable bonds is 6. The summed E-state index contributed by atoms with van der Waals surface area (Å²) in [5.41, 5.74) is 6.60. The van der Waals surface area contributed by atoms with Crippen molar-refractivity contribution in [2.75, 3.05) is 6.61 Å². The lowest BCUT2D eigenvalue weighted by Gasteiger charge is -2.42. The van der Waals surface area contributed by atoms with Gasteiger partial charge in [-0.2, -0.15) is 0 Å². The zero-order chi connectivity index (χ0) is 13.9. The van der Waals surface area contributed by atoms with Gasteiger partial charge in [-0.1, -0.05) is 30.3 Å². The van der Waals surface area contributed by atoms with Crippen LogP contribution < -0.4 is 10.5 Å². The van der Waals surface area contributed by atoms with Gasteiger partial charge in [0.05, 0.1) is 17.9 Å². The Balaban J connectivity index is 1.97. The molecule has 1 aromatic rings. The molecule has 0 spiro atoms. The van der Waals surface area contributed by atoms with E-state index in [0.717, 1.165) is 5.56 Å². The van der Waals surface area contributed by atoms with Gasteiger partial charge in [0.15, 0.2) is 0 Å². The number of hydrogen-bond donors (Lipinski definition) is 2. The van der Waals surface area contributed by atoms with E-state index in [1.807, 2.05) is 25.1 Å². The van der Waals surface area contributed by atoms with Crippen LogP contribution in [-0.4, -0.2) is 33.2 Å². The summed E-state index contributed by atoms with van der Waals surface area (Å²) in [5, 5.41) is 0. The van der Waals surface area contributed by atoms with Gasteiger partial charge >= 0.3 is 0 Å². The summed E-state index contributed by atoms with van der Waals surface area (Å²) < 4.78 is 32.3. The van der Waals surface area contributed by atoms with Gasteiger partial charge in [-0.05, 0) is 18.9 Å². The highest BCUT2D eigenvalue weighted by Crippen LogP contribution is 2.23. The molecular weight excluding hydrogens is 264 g/mol. The maximum Gasteiger partial charge on any atom is 0.216 e. The molecule has 5 nitrogen and oxygen atoms in total. The average molecular weight is 284 g/mol. The van der Waals surface area contributed by atoms with Crippen LogP contribution in [0, 0.1) is 0 Å². The molecular formula is C13H20N2O3S. The molecule has 0 bridgehead atoms. The molecule has 6 heteroatoms. The minimum atomic E-state index is -3.39. The summed E-state index contributed by atoms with van der Waals surface area (Å²) in [6.45, 7) is 2.45. The second-order valence-corrected chi connectivity index (χ2v) is 6.54. The molecule has 106 valence electrons. The third kappa shape index (κ3) is 3.76. The average Bonchev–Trinajstić information content (AvgIpc) is 2.37. The topological polar surface area (TPSA) is 81.4 Å². The minimum absolute atomic E-state index is 0.0318. The Morgan fingerprint density at radius 3 is 2.63 bits per heavy atom. The van der Waals surface area contributed by atoms with E-state index in [2.05, 4.69) is 4.72 Å². The Hall–Kier alpha value is -0.950. The quantitative estimate of drug-likeness (QED) is 0.802. The third-order valence-electron chi connectivity index (χ3n) is 3.26. The second kappa shape index (κ2) is 6.00. The highest BCUT2D eigenvalue weighted by atomic mass is 32.2. The van der Waals surface area contributed by atoms with Crippen LogP contribution in [0.5, 0.6) is 0 Å². The van der Waals surface area contributed by atoms with Crippen molar-refractivity contribution >= 4 is 10.0 Å². The van der Waals surface area contributed by atoms with Crippen LogP contribution >= 0.6 is 0 Å². The van der Waals surface area contributed by atoms with Gasteiger partial charge in [-0.3, -0.25) is 0 Å². The molecule has 1 saturated carbocycles. The predicted octanol–water partition coefficient (Wildman–Crippen LogP) is 0.611. The zero-order valence-electron chi connectivity index (χ0n) is 11.0. The minimum Gasteiger partial charge on any atom is -0.377 e. The van der Waals surface area contributed by atoms with E-state index in [1.165, 1.54) is 0 Å². The van der Waals surface area contributed by atoms with Crippen LogP contribution in [0.2, 0.25) is 0 Å². The first kappa shape index (κ1) is 14.5. The molecule has 1 aliphatic rings. The van der Waals surface area contributed by atoms with Crippen LogP contribution in [0.15, 0.2) is 30.3 Å². The molecule has 0 saturated heterocycles. The van der Waals surface area contributed by atoms with Crippen molar-refractivity contribution in [1.29, 1.82) is 0 Å². The number of ether oxygens (including phenoxy) is 1. The molecule has 0 aromatic heterocycles. The normalized spacial score (nSPS) is 26.9. The number of benzene rings is 1. The Morgan fingerprint density at radius 2 is 2.05 bits per heavy atom. The van der Waals surface area contributed by atoms with E-state index >= 15 is 0 Å². The molecule has 3 unspecified atom stereocenters. The van der Waals surface area contributed by atoms with Crippen molar-refractivity contribution in [2.24, 2.45) is 5.73 Å². The van der Waals surface area contributed by atoms with Gasteiger partial charge in [0.25, 0.3) is 0 Å². The highest BCUT2D eigenvalue weighted by Gasteiger charge is 2.41. The molecule has 1 fully saturated rings. The van der Waals surface area contributed by atoms with Crippen molar-refractivity contribution in [3.05, 3.63) is 35.9 Å². The summed E-state index contributed by atoms with van der Waals surface area (Å²) in [4.78, 5) is 0. The summed E-state index contributed by atoms with van der Waals surface area (Å²) in [6.07, 6.45) is 0.595. The summed E-state index contributed by atoms with van der Waals surface area (Å²) in [5.74, 6) is -0.0318. The van der Waals surface area contributed by atoms with Crippen molar-refractivity contribution in [2.45, 2.75) is 37.3 Å². The Bertz CT molecular complexity index is 502. The van der Waals surface area contributed by atoms with Crippen molar-refractivity contribution < 1.29 is 13.2 Å². The molecule has 0 amide bonds. The first-order valence-electron chi connectivity index (χ1n) is 6.43. The molecule has 2 rings (SSSR count). The molecule has 3 N–H and O–H groups in total. The Morgan fingerprint density at radius 1 is 1.37 bits per heavy atom. The molecule has 19 heavy (non-hydrogen) atoms. The first-order valence-corrected chi connectivity index (χ1v) is 8.08. The van der Waals surface area contributed by atoms with Crippen LogP contribution in [-0.2, 0) is 20.5 Å². The summed E-state index contributed by atoms with van der Waals surface area (Å²) in [6, 6.07) is 8.61. The molecule has 3 atom stereocenters. The molecule has 0 heterocycles. The van der Waals surface area contributed by atoms with Crippen LogP contribution in [0.25, 0.3) is 0 Å².